The van der Waals surface area contributed by atoms with Crippen molar-refractivity contribution in [3.8, 4) is 0 Å². The van der Waals surface area contributed by atoms with E-state index in [1.807, 2.05) is 6.07 Å². The number of aromatic nitrogens is 1. The minimum Gasteiger partial charge on any atom is -0.383 e. The minimum atomic E-state index is -0.309. The van der Waals surface area contributed by atoms with Crippen molar-refractivity contribution in [1.29, 1.82) is 0 Å². The second-order valence-electron chi connectivity index (χ2n) is 4.59. The van der Waals surface area contributed by atoms with Gasteiger partial charge in [0.25, 0.3) is 0 Å². The molecule has 1 heterocycles. The van der Waals surface area contributed by atoms with Crippen molar-refractivity contribution in [2.24, 2.45) is 0 Å². The summed E-state index contributed by atoms with van der Waals surface area (Å²) in [6.07, 6.45) is 3.32. The van der Waals surface area contributed by atoms with Crippen LogP contribution in [-0.2, 0) is 4.74 Å². The molecule has 0 spiro atoms. The van der Waals surface area contributed by atoms with Crippen LogP contribution in [0.5, 0.6) is 0 Å². The number of likely N-dealkylation sites (N-methyl/N-ethyl adjacent to an activating group) is 1. The first kappa shape index (κ1) is 16.2. The second-order valence-corrected chi connectivity index (χ2v) is 5.03. The van der Waals surface area contributed by atoms with Crippen LogP contribution < -0.4 is 11.1 Å². The highest BCUT2D eigenvalue weighted by molar-refractivity contribution is 6.30. The summed E-state index contributed by atoms with van der Waals surface area (Å²) < 4.78 is 5.81. The number of ether oxygens (including phenoxy) is 1. The maximum atomic E-state index is 6.05. The topological polar surface area (TPSA) is 60.2 Å². The van der Waals surface area contributed by atoms with E-state index in [0.717, 1.165) is 24.9 Å². The van der Waals surface area contributed by atoms with Gasteiger partial charge in [-0.1, -0.05) is 32.4 Å². The molecule has 108 valence electrons. The third-order valence-corrected chi connectivity index (χ3v) is 3.97. The number of hydrogen-bond donors (Lipinski definition) is 2. The van der Waals surface area contributed by atoms with Crippen LogP contribution in [0, 0.1) is 0 Å². The fraction of sp³-hybridized carbons (Fsp3) is 0.643. The van der Waals surface area contributed by atoms with E-state index in [0.29, 0.717) is 10.8 Å². The van der Waals surface area contributed by atoms with Gasteiger partial charge in [0.05, 0.1) is 16.7 Å². The van der Waals surface area contributed by atoms with E-state index < -0.39 is 0 Å². The molecule has 0 aliphatic carbocycles. The first-order valence-electron chi connectivity index (χ1n) is 6.74. The van der Waals surface area contributed by atoms with Gasteiger partial charge in [-0.2, -0.15) is 0 Å². The number of rotatable bonds is 7. The van der Waals surface area contributed by atoms with E-state index in [-0.39, 0.29) is 11.6 Å². The van der Waals surface area contributed by atoms with Crippen molar-refractivity contribution < 1.29 is 4.74 Å². The van der Waals surface area contributed by atoms with Gasteiger partial charge in [-0.05, 0) is 25.5 Å². The Bertz CT molecular complexity index is 399. The van der Waals surface area contributed by atoms with Gasteiger partial charge >= 0.3 is 0 Å². The van der Waals surface area contributed by atoms with Gasteiger partial charge in [0.1, 0.15) is 5.82 Å². The van der Waals surface area contributed by atoms with Crippen molar-refractivity contribution in [1.82, 2.24) is 10.3 Å². The smallest absolute Gasteiger partial charge is 0.128 e. The number of hydrogen-bond acceptors (Lipinski definition) is 4. The average molecular weight is 286 g/mol. The molecule has 0 aliphatic heterocycles. The molecule has 1 aromatic rings. The van der Waals surface area contributed by atoms with Crippen molar-refractivity contribution >= 4 is 17.4 Å². The molecular weight excluding hydrogens is 262 g/mol. The molecule has 0 amide bonds. The maximum absolute atomic E-state index is 6.05. The molecule has 4 nitrogen and oxygen atoms in total. The summed E-state index contributed by atoms with van der Waals surface area (Å²) in [5, 5.41) is 4.04. The summed E-state index contributed by atoms with van der Waals surface area (Å²) >= 11 is 6.05. The van der Waals surface area contributed by atoms with Crippen LogP contribution in [-0.4, -0.2) is 24.2 Å². The van der Waals surface area contributed by atoms with E-state index in [9.17, 15) is 0 Å². The van der Waals surface area contributed by atoms with E-state index in [1.54, 1.807) is 13.3 Å². The van der Waals surface area contributed by atoms with Crippen LogP contribution in [0.1, 0.15) is 45.2 Å². The maximum Gasteiger partial charge on any atom is 0.128 e. The largest absolute Gasteiger partial charge is 0.383 e. The molecule has 1 rings (SSSR count). The van der Waals surface area contributed by atoms with Crippen molar-refractivity contribution in [2.45, 2.75) is 45.3 Å². The Balaban J connectivity index is 3.29. The van der Waals surface area contributed by atoms with Gasteiger partial charge in [-0.15, -0.1) is 0 Å². The molecule has 1 unspecified atom stereocenters. The minimum absolute atomic E-state index is 0.0244. The SMILES string of the molecule is CCNC(c1cc(Cl)cnc1N)C(CC)(CC)OC. The third kappa shape index (κ3) is 3.38. The summed E-state index contributed by atoms with van der Waals surface area (Å²) in [4.78, 5) is 4.15. The zero-order valence-electron chi connectivity index (χ0n) is 12.2. The highest BCUT2D eigenvalue weighted by Gasteiger charge is 2.37. The molecule has 19 heavy (non-hydrogen) atoms. The Kier molecular flexibility index (Phi) is 6.04. The summed E-state index contributed by atoms with van der Waals surface area (Å²) in [5.74, 6) is 0.499. The Morgan fingerprint density at radius 3 is 2.53 bits per heavy atom. The summed E-state index contributed by atoms with van der Waals surface area (Å²) in [7, 11) is 1.74. The lowest BCUT2D eigenvalue weighted by Crippen LogP contribution is -2.45. The number of methoxy groups -OCH3 is 1. The van der Waals surface area contributed by atoms with Gasteiger partial charge in [0, 0.05) is 18.9 Å². The van der Waals surface area contributed by atoms with Crippen molar-refractivity contribution in [3.05, 3.63) is 22.8 Å². The molecule has 0 fully saturated rings. The molecule has 0 aromatic carbocycles. The van der Waals surface area contributed by atoms with E-state index in [1.165, 1.54) is 0 Å². The van der Waals surface area contributed by atoms with Crippen LogP contribution in [0.25, 0.3) is 0 Å². The molecular formula is C14H24ClN3O. The van der Waals surface area contributed by atoms with Gasteiger partial charge in [0.2, 0.25) is 0 Å². The molecule has 5 heteroatoms. The van der Waals surface area contributed by atoms with Crippen LogP contribution in [0.3, 0.4) is 0 Å². The lowest BCUT2D eigenvalue weighted by Gasteiger charge is -2.39. The molecule has 0 saturated heterocycles. The quantitative estimate of drug-likeness (QED) is 0.808. The zero-order valence-corrected chi connectivity index (χ0v) is 12.9. The third-order valence-electron chi connectivity index (χ3n) is 3.76. The predicted molar refractivity (Wildman–Crippen MR) is 80.4 cm³/mol. The van der Waals surface area contributed by atoms with Gasteiger partial charge < -0.3 is 15.8 Å². The van der Waals surface area contributed by atoms with Crippen LogP contribution >= 0.6 is 11.6 Å². The number of halogens is 1. The summed E-state index contributed by atoms with van der Waals surface area (Å²) in [6, 6.07) is 1.85. The number of pyridine rings is 1. The Morgan fingerprint density at radius 2 is 2.05 bits per heavy atom. The molecule has 0 radical (unpaired) electrons. The number of anilines is 1. The molecule has 1 atom stereocenters. The van der Waals surface area contributed by atoms with Gasteiger partial charge in [-0.3, -0.25) is 0 Å². The molecule has 3 N–H and O–H groups in total. The summed E-state index contributed by atoms with van der Waals surface area (Å²) in [6.45, 7) is 7.12. The Hall–Kier alpha value is -0.840. The Labute approximate surface area is 120 Å². The second kappa shape index (κ2) is 7.08. The van der Waals surface area contributed by atoms with Crippen LogP contribution in [0.2, 0.25) is 5.02 Å². The fourth-order valence-corrected chi connectivity index (χ4v) is 2.71. The molecule has 0 bridgehead atoms. The van der Waals surface area contributed by atoms with Crippen molar-refractivity contribution in [3.63, 3.8) is 0 Å². The standard InChI is InChI=1S/C14H24ClN3O/c1-5-14(6-2,19-4)12(17-7-3)11-8-10(15)9-18-13(11)16/h8-9,12,17H,5-7H2,1-4H3,(H2,16,18). The molecule has 0 aliphatic rings. The van der Waals surface area contributed by atoms with Crippen LogP contribution in [0.15, 0.2) is 12.3 Å². The monoisotopic (exact) mass is 285 g/mol. The Morgan fingerprint density at radius 1 is 1.42 bits per heavy atom. The average Bonchev–Trinajstić information content (AvgIpc) is 2.43. The van der Waals surface area contributed by atoms with E-state index in [4.69, 9.17) is 22.1 Å². The van der Waals surface area contributed by atoms with Gasteiger partial charge in [-0.25, -0.2) is 4.98 Å². The first-order chi connectivity index (χ1) is 9.04. The number of nitrogens with one attached hydrogen (secondary N) is 1. The molecule has 0 saturated carbocycles. The zero-order chi connectivity index (χ0) is 14.5. The van der Waals surface area contributed by atoms with Crippen LogP contribution in [0.4, 0.5) is 5.82 Å². The lowest BCUT2D eigenvalue weighted by atomic mass is 9.84. The highest BCUT2D eigenvalue weighted by Crippen LogP contribution is 2.37. The number of nitrogens with two attached hydrogens (primary N) is 1. The lowest BCUT2D eigenvalue weighted by molar-refractivity contribution is -0.0481. The van der Waals surface area contributed by atoms with E-state index >= 15 is 0 Å². The van der Waals surface area contributed by atoms with E-state index in [2.05, 4.69) is 31.1 Å². The summed E-state index contributed by atoms with van der Waals surface area (Å²) in [5.41, 5.74) is 6.61. The van der Waals surface area contributed by atoms with Gasteiger partial charge in [0.15, 0.2) is 0 Å². The van der Waals surface area contributed by atoms with Crippen molar-refractivity contribution in [2.75, 3.05) is 19.4 Å². The normalized spacial score (nSPS) is 13.5. The highest BCUT2D eigenvalue weighted by atomic mass is 35.5. The first-order valence-corrected chi connectivity index (χ1v) is 7.11. The number of nitrogen functional groups attached to an aromatic ring is 1. The molecule has 1 aromatic heterocycles. The number of nitrogens with zero attached hydrogens (tertiary/aromatic N) is 1. The fourth-order valence-electron chi connectivity index (χ4n) is 2.54. The predicted octanol–water partition coefficient (Wildman–Crippen LogP) is 3.17.